The Kier molecular flexibility index (Phi) is 7.23. The third-order valence-electron chi connectivity index (χ3n) is 8.11. The number of rotatable bonds is 7. The molecule has 3 aromatic heterocycles. The van der Waals surface area contributed by atoms with Crippen LogP contribution in [-0.4, -0.2) is 26.4 Å². The van der Waals surface area contributed by atoms with Gasteiger partial charge in [-0.25, -0.2) is 9.67 Å². The summed E-state index contributed by atoms with van der Waals surface area (Å²) in [5.41, 5.74) is 5.41. The Bertz CT molecular complexity index is 2220. The molecule has 0 atom stereocenters. The topological polar surface area (TPSA) is 54.1 Å². The Hall–Kier alpha value is -5.57. The minimum absolute atomic E-state index is 0.168. The van der Waals surface area contributed by atoms with Gasteiger partial charge in [-0.15, -0.1) is 0 Å². The third-order valence-corrected chi connectivity index (χ3v) is 8.11. The molecule has 0 aliphatic rings. The number of ether oxygens (including phenoxy) is 2. The first-order valence-electron chi connectivity index (χ1n) is 14.8. The molecule has 0 spiro atoms. The van der Waals surface area contributed by atoms with Gasteiger partial charge in [-0.05, 0) is 66.9 Å². The van der Waals surface area contributed by atoms with E-state index in [1.807, 2.05) is 73.7 Å². The molecule has 0 N–H and O–H groups in total. The number of aromatic nitrogens is 4. The molecule has 0 unspecified atom stereocenters. The summed E-state index contributed by atoms with van der Waals surface area (Å²) >= 11 is 0. The molecule has 46 heavy (non-hydrogen) atoms. The number of alkyl halides is 3. The van der Waals surface area contributed by atoms with Crippen molar-refractivity contribution in [3.05, 3.63) is 126 Å². The van der Waals surface area contributed by atoms with Gasteiger partial charge in [-0.2, -0.15) is 18.3 Å². The van der Waals surface area contributed by atoms with Crippen molar-refractivity contribution >= 4 is 21.8 Å². The summed E-state index contributed by atoms with van der Waals surface area (Å²) in [7, 11) is 1.63. The summed E-state index contributed by atoms with van der Waals surface area (Å²) in [4.78, 5) is 4.31. The summed E-state index contributed by atoms with van der Waals surface area (Å²) in [5.74, 6) is 1.85. The first-order chi connectivity index (χ1) is 22.2. The average Bonchev–Trinajstić information content (AvgIpc) is 3.58. The lowest BCUT2D eigenvalue weighted by molar-refractivity contribution is -0.137. The number of hydrogen-bond donors (Lipinski definition) is 0. The highest BCUT2D eigenvalue weighted by molar-refractivity contribution is 6.09. The van der Waals surface area contributed by atoms with Crippen LogP contribution in [-0.2, 0) is 12.6 Å². The Morgan fingerprint density at radius 3 is 2.30 bits per heavy atom. The maximum absolute atomic E-state index is 13.6. The van der Waals surface area contributed by atoms with Gasteiger partial charge in [0.1, 0.15) is 17.3 Å². The molecule has 7 rings (SSSR count). The van der Waals surface area contributed by atoms with Crippen molar-refractivity contribution in [1.29, 1.82) is 0 Å². The molecule has 9 heteroatoms. The fourth-order valence-electron chi connectivity index (χ4n) is 5.90. The van der Waals surface area contributed by atoms with Gasteiger partial charge in [0, 0.05) is 29.1 Å². The second kappa shape index (κ2) is 11.4. The standard InChI is InChI=1S/C37H29F3N4O2/c1-4-24-12-14-25(15-13-24)35-23(2)42-44(36(35)45-3)27-8-7-9-28(21-27)46-29-16-17-31-30-10-5-6-11-32(30)43(33(31)22-29)34-20-26(18-19-41-34)37(38,39)40/h5-22H,4H2,1-3H3. The highest BCUT2D eigenvalue weighted by atomic mass is 19.4. The smallest absolute Gasteiger partial charge is 0.416 e. The number of benzene rings is 4. The maximum atomic E-state index is 13.6. The molecule has 7 aromatic rings. The van der Waals surface area contributed by atoms with Crippen LogP contribution in [0.1, 0.15) is 23.7 Å². The van der Waals surface area contributed by atoms with E-state index < -0.39 is 11.7 Å². The number of para-hydroxylation sites is 1. The fourth-order valence-corrected chi connectivity index (χ4v) is 5.90. The van der Waals surface area contributed by atoms with E-state index in [0.717, 1.165) is 57.4 Å². The summed E-state index contributed by atoms with van der Waals surface area (Å²) in [6, 6.07) is 31.1. The summed E-state index contributed by atoms with van der Waals surface area (Å²) < 4.78 is 56.5. The van der Waals surface area contributed by atoms with Gasteiger partial charge in [-0.3, -0.25) is 4.57 Å². The van der Waals surface area contributed by atoms with Crippen molar-refractivity contribution in [3.63, 3.8) is 0 Å². The largest absolute Gasteiger partial charge is 0.480 e. The lowest BCUT2D eigenvalue weighted by atomic mass is 10.0. The number of fused-ring (bicyclic) bond motifs is 3. The van der Waals surface area contributed by atoms with E-state index in [1.165, 1.54) is 11.8 Å². The molecule has 0 fully saturated rings. The van der Waals surface area contributed by atoms with Crippen LogP contribution in [0, 0.1) is 6.92 Å². The summed E-state index contributed by atoms with van der Waals surface area (Å²) in [6.45, 7) is 4.08. The molecule has 0 amide bonds. The molecule has 6 nitrogen and oxygen atoms in total. The van der Waals surface area contributed by atoms with Gasteiger partial charge in [0.2, 0.25) is 5.88 Å². The molecule has 0 bridgehead atoms. The first-order valence-corrected chi connectivity index (χ1v) is 14.8. The number of halogens is 3. The Morgan fingerprint density at radius 1 is 0.783 bits per heavy atom. The zero-order chi connectivity index (χ0) is 32.0. The Morgan fingerprint density at radius 2 is 1.54 bits per heavy atom. The maximum Gasteiger partial charge on any atom is 0.416 e. The zero-order valence-electron chi connectivity index (χ0n) is 25.3. The van der Waals surface area contributed by atoms with Gasteiger partial charge in [0.15, 0.2) is 0 Å². The fraction of sp³-hybridized carbons (Fsp3) is 0.135. The van der Waals surface area contributed by atoms with Crippen molar-refractivity contribution in [2.45, 2.75) is 26.4 Å². The molecule has 3 heterocycles. The molecule has 0 saturated carbocycles. The van der Waals surface area contributed by atoms with Gasteiger partial charge >= 0.3 is 6.18 Å². The molecule has 0 aliphatic heterocycles. The van der Waals surface area contributed by atoms with E-state index in [1.54, 1.807) is 16.4 Å². The third kappa shape index (κ3) is 5.13. The molecule has 0 saturated heterocycles. The van der Waals surface area contributed by atoms with E-state index in [2.05, 4.69) is 36.2 Å². The van der Waals surface area contributed by atoms with Crippen molar-refractivity contribution in [2.75, 3.05) is 7.11 Å². The van der Waals surface area contributed by atoms with Crippen LogP contribution in [0.15, 0.2) is 109 Å². The Labute approximate surface area is 263 Å². The molecule has 0 radical (unpaired) electrons. The van der Waals surface area contributed by atoms with Gasteiger partial charge in [0.05, 0.1) is 40.7 Å². The predicted molar refractivity (Wildman–Crippen MR) is 173 cm³/mol. The van der Waals surface area contributed by atoms with E-state index >= 15 is 0 Å². The van der Waals surface area contributed by atoms with Gasteiger partial charge in [0.25, 0.3) is 0 Å². The summed E-state index contributed by atoms with van der Waals surface area (Å²) in [5, 5.41) is 6.56. The van der Waals surface area contributed by atoms with Crippen LogP contribution in [0.3, 0.4) is 0 Å². The number of aryl methyl sites for hydroxylation is 2. The number of hydrogen-bond acceptors (Lipinski definition) is 4. The van der Waals surface area contributed by atoms with E-state index in [0.29, 0.717) is 22.9 Å². The monoisotopic (exact) mass is 618 g/mol. The Balaban J connectivity index is 1.28. The number of nitrogens with zero attached hydrogens (tertiary/aromatic N) is 4. The number of methoxy groups -OCH3 is 1. The summed E-state index contributed by atoms with van der Waals surface area (Å²) in [6.07, 6.45) is -2.35. The predicted octanol–water partition coefficient (Wildman–Crippen LogP) is 9.72. The second-order valence-electron chi connectivity index (χ2n) is 11.0. The van der Waals surface area contributed by atoms with Crippen LogP contribution in [0.4, 0.5) is 13.2 Å². The molecular formula is C37H29F3N4O2. The average molecular weight is 619 g/mol. The van der Waals surface area contributed by atoms with E-state index in [-0.39, 0.29) is 5.82 Å². The molecule has 230 valence electrons. The highest BCUT2D eigenvalue weighted by Crippen LogP contribution is 2.38. The molecular weight excluding hydrogens is 589 g/mol. The van der Waals surface area contributed by atoms with Crippen molar-refractivity contribution < 1.29 is 22.6 Å². The lowest BCUT2D eigenvalue weighted by Gasteiger charge is -2.12. The van der Waals surface area contributed by atoms with Crippen molar-refractivity contribution in [2.24, 2.45) is 0 Å². The van der Waals surface area contributed by atoms with Crippen LogP contribution in [0.2, 0.25) is 0 Å². The number of pyridine rings is 1. The minimum atomic E-state index is -4.49. The SMILES string of the molecule is CCc1ccc(-c2c(C)nn(-c3cccc(Oc4ccc5c6ccccc6n(-c6cc(C(F)(F)F)ccn6)c5c4)c3)c2OC)cc1. The van der Waals surface area contributed by atoms with E-state index in [4.69, 9.17) is 14.6 Å². The van der Waals surface area contributed by atoms with Crippen LogP contribution in [0.25, 0.3) is 44.4 Å². The first kappa shape index (κ1) is 29.2. The highest BCUT2D eigenvalue weighted by Gasteiger charge is 2.31. The zero-order valence-corrected chi connectivity index (χ0v) is 25.3. The molecule has 4 aromatic carbocycles. The minimum Gasteiger partial charge on any atom is -0.480 e. The molecule has 0 aliphatic carbocycles. The van der Waals surface area contributed by atoms with Crippen LogP contribution in [0.5, 0.6) is 17.4 Å². The quantitative estimate of drug-likeness (QED) is 0.179. The van der Waals surface area contributed by atoms with Crippen molar-refractivity contribution in [1.82, 2.24) is 19.3 Å². The van der Waals surface area contributed by atoms with Crippen molar-refractivity contribution in [3.8, 4) is 40.0 Å². The van der Waals surface area contributed by atoms with Gasteiger partial charge < -0.3 is 9.47 Å². The lowest BCUT2D eigenvalue weighted by Crippen LogP contribution is -2.07. The normalized spacial score (nSPS) is 11.8. The second-order valence-corrected chi connectivity index (χ2v) is 11.0. The van der Waals surface area contributed by atoms with E-state index in [9.17, 15) is 13.2 Å². The van der Waals surface area contributed by atoms with Crippen LogP contribution < -0.4 is 9.47 Å². The van der Waals surface area contributed by atoms with Crippen LogP contribution >= 0.6 is 0 Å². The van der Waals surface area contributed by atoms with Gasteiger partial charge in [-0.1, -0.05) is 55.5 Å².